The van der Waals surface area contributed by atoms with Crippen molar-refractivity contribution in [2.45, 2.75) is 39.2 Å². The molecule has 1 aliphatic heterocycles. The number of amides is 1. The molecule has 0 unspecified atom stereocenters. The first-order valence-corrected chi connectivity index (χ1v) is 11.3. The van der Waals surface area contributed by atoms with Crippen LogP contribution in [0.1, 0.15) is 43.9 Å². The topological polar surface area (TPSA) is 123 Å². The molecule has 0 atom stereocenters. The lowest BCUT2D eigenvalue weighted by Crippen LogP contribution is -2.39. The largest absolute Gasteiger partial charge is 0.443 e. The molecule has 1 aromatic heterocycles. The van der Waals surface area contributed by atoms with E-state index < -0.39 is 11.2 Å². The van der Waals surface area contributed by atoms with Gasteiger partial charge in [0.25, 0.3) is 5.56 Å². The molecule has 178 valence electrons. The average molecular weight is 471 g/mol. The van der Waals surface area contributed by atoms with Crippen molar-refractivity contribution in [2.75, 3.05) is 16.9 Å². The lowest BCUT2D eigenvalue weighted by molar-refractivity contribution is 0.0578. The molecule has 2 heterocycles. The maximum atomic E-state index is 12.6. The summed E-state index contributed by atoms with van der Waals surface area (Å²) in [5.41, 5.74) is 5.20. The number of benzene rings is 2. The van der Waals surface area contributed by atoms with Gasteiger partial charge in [-0.05, 0) is 56.9 Å². The van der Waals surface area contributed by atoms with Gasteiger partial charge in [0, 0.05) is 12.1 Å². The highest BCUT2D eigenvalue weighted by molar-refractivity contribution is 5.91. The second-order valence-corrected chi connectivity index (χ2v) is 9.11. The average Bonchev–Trinajstić information content (AvgIpc) is 2.82. The molecule has 0 bridgehead atoms. The Kier molecular flexibility index (Phi) is 6.64. The molecule has 1 aliphatic rings. The van der Waals surface area contributed by atoms with E-state index >= 15 is 0 Å². The molecule has 0 fully saturated rings. The number of ether oxygens (including phenoxy) is 1. The van der Waals surface area contributed by atoms with E-state index in [1.165, 1.54) is 0 Å². The van der Waals surface area contributed by atoms with Gasteiger partial charge in [-0.3, -0.25) is 14.7 Å². The Morgan fingerprint density at radius 3 is 2.74 bits per heavy atom. The zero-order valence-corrected chi connectivity index (χ0v) is 19.8. The smallest absolute Gasteiger partial charge is 0.414 e. The highest BCUT2D eigenvalue weighted by Gasteiger charge is 2.27. The second-order valence-electron chi connectivity index (χ2n) is 9.11. The van der Waals surface area contributed by atoms with E-state index in [1.54, 1.807) is 23.2 Å². The van der Waals surface area contributed by atoms with E-state index in [0.717, 1.165) is 29.7 Å². The third-order valence-corrected chi connectivity index (χ3v) is 5.30. The van der Waals surface area contributed by atoms with Gasteiger partial charge in [0.15, 0.2) is 0 Å². The number of carbonyl (C=O) groups excluding carboxylic acids is 1. The van der Waals surface area contributed by atoms with Crippen LogP contribution in [0.2, 0.25) is 0 Å². The molecule has 0 saturated carbocycles. The summed E-state index contributed by atoms with van der Waals surface area (Å²) in [6.45, 7) is 6.15. The number of carbonyl (C=O) groups is 1. The predicted molar refractivity (Wildman–Crippen MR) is 135 cm³/mol. The van der Waals surface area contributed by atoms with Crippen molar-refractivity contribution in [3.05, 3.63) is 75.6 Å². The van der Waals surface area contributed by atoms with Gasteiger partial charge in [-0.1, -0.05) is 36.4 Å². The van der Waals surface area contributed by atoms with E-state index in [0.29, 0.717) is 12.1 Å². The molecule has 0 spiro atoms. The van der Waals surface area contributed by atoms with Crippen molar-refractivity contribution >= 4 is 23.9 Å². The summed E-state index contributed by atoms with van der Waals surface area (Å²) in [4.78, 5) is 33.6. The number of nitriles is 1. The van der Waals surface area contributed by atoms with Crippen LogP contribution >= 0.6 is 0 Å². The third-order valence-electron chi connectivity index (χ3n) is 5.30. The predicted octanol–water partition coefficient (Wildman–Crippen LogP) is 4.44. The Bertz CT molecular complexity index is 1370. The van der Waals surface area contributed by atoms with E-state index in [-0.39, 0.29) is 23.3 Å². The summed E-state index contributed by atoms with van der Waals surface area (Å²) in [7, 11) is 0. The number of anilines is 2. The Balaban J connectivity index is 1.53. The summed E-state index contributed by atoms with van der Waals surface area (Å²) in [6, 6.07) is 16.7. The van der Waals surface area contributed by atoms with Gasteiger partial charge in [-0.25, -0.2) is 15.2 Å². The van der Waals surface area contributed by atoms with Gasteiger partial charge >= 0.3 is 6.09 Å². The monoisotopic (exact) mass is 470 g/mol. The molecular weight excluding hydrogens is 444 g/mol. The van der Waals surface area contributed by atoms with Crippen LogP contribution in [0.4, 0.5) is 16.4 Å². The van der Waals surface area contributed by atoms with Crippen LogP contribution in [-0.2, 0) is 11.2 Å². The molecular formula is C26H26N6O3. The SMILES string of the molecule is CC(C)(C)OC(=O)N1CCCc2cc(C=NNc3nc(-c4ccccc4)c(C#N)c(=O)[nH]3)ccc21. The van der Waals surface area contributed by atoms with Crippen molar-refractivity contribution in [1.29, 1.82) is 5.26 Å². The number of H-pyrrole nitrogens is 1. The van der Waals surface area contributed by atoms with Crippen molar-refractivity contribution in [3.63, 3.8) is 0 Å². The molecule has 9 heteroatoms. The first kappa shape index (κ1) is 23.7. The highest BCUT2D eigenvalue weighted by Crippen LogP contribution is 2.29. The number of aromatic amines is 1. The lowest BCUT2D eigenvalue weighted by atomic mass is 10.00. The normalized spacial score (nSPS) is 13.3. The van der Waals surface area contributed by atoms with Gasteiger partial charge in [-0.2, -0.15) is 10.4 Å². The van der Waals surface area contributed by atoms with Crippen LogP contribution in [0.5, 0.6) is 0 Å². The van der Waals surface area contributed by atoms with Crippen LogP contribution in [0.25, 0.3) is 11.3 Å². The molecule has 9 nitrogen and oxygen atoms in total. The number of nitrogens with one attached hydrogen (secondary N) is 2. The van der Waals surface area contributed by atoms with Crippen LogP contribution in [-0.4, -0.2) is 34.4 Å². The van der Waals surface area contributed by atoms with Crippen LogP contribution in [0.3, 0.4) is 0 Å². The van der Waals surface area contributed by atoms with Gasteiger partial charge < -0.3 is 4.74 Å². The van der Waals surface area contributed by atoms with Crippen molar-refractivity contribution < 1.29 is 9.53 Å². The quantitative estimate of drug-likeness (QED) is 0.429. The minimum Gasteiger partial charge on any atom is -0.443 e. The number of rotatable bonds is 4. The maximum absolute atomic E-state index is 12.6. The van der Waals surface area contributed by atoms with Crippen molar-refractivity contribution in [3.8, 4) is 17.3 Å². The number of aromatic nitrogens is 2. The van der Waals surface area contributed by atoms with Crippen molar-refractivity contribution in [1.82, 2.24) is 9.97 Å². The fourth-order valence-electron chi connectivity index (χ4n) is 3.81. The maximum Gasteiger partial charge on any atom is 0.414 e. The number of hydrogen-bond acceptors (Lipinski definition) is 7. The standard InChI is InChI=1S/C26H26N6O3/c1-26(2,3)35-25(34)32-13-7-10-19-14-17(11-12-21(19)32)16-28-31-24-29-22(18-8-5-4-6-9-18)20(15-27)23(33)30-24/h4-6,8-9,11-12,14,16H,7,10,13H2,1-3H3,(H2,29,30,31,33). The zero-order chi connectivity index (χ0) is 25.0. The first-order valence-electron chi connectivity index (χ1n) is 11.3. The minimum absolute atomic E-state index is 0.0602. The van der Waals surface area contributed by atoms with Crippen LogP contribution in [0.15, 0.2) is 58.4 Å². The van der Waals surface area contributed by atoms with E-state index in [1.807, 2.05) is 63.2 Å². The molecule has 1 amide bonds. The Labute approximate surface area is 203 Å². The van der Waals surface area contributed by atoms with Gasteiger partial charge in [0.1, 0.15) is 17.2 Å². The number of aryl methyl sites for hydroxylation is 1. The van der Waals surface area contributed by atoms with Crippen LogP contribution < -0.4 is 15.9 Å². The molecule has 0 radical (unpaired) electrons. The molecule has 2 N–H and O–H groups in total. The Hall–Kier alpha value is -4.45. The summed E-state index contributed by atoms with van der Waals surface area (Å²) in [6.07, 6.45) is 2.93. The molecule has 3 aromatic rings. The summed E-state index contributed by atoms with van der Waals surface area (Å²) in [5.74, 6) is 0.123. The number of hydrogen-bond donors (Lipinski definition) is 2. The molecule has 4 rings (SSSR count). The Morgan fingerprint density at radius 2 is 2.03 bits per heavy atom. The Morgan fingerprint density at radius 1 is 1.26 bits per heavy atom. The van der Waals surface area contributed by atoms with Gasteiger partial charge in [0.2, 0.25) is 5.95 Å². The highest BCUT2D eigenvalue weighted by atomic mass is 16.6. The van der Waals surface area contributed by atoms with Gasteiger partial charge in [-0.15, -0.1) is 0 Å². The van der Waals surface area contributed by atoms with Crippen molar-refractivity contribution in [2.24, 2.45) is 5.10 Å². The summed E-state index contributed by atoms with van der Waals surface area (Å²) < 4.78 is 5.54. The molecule has 0 aliphatic carbocycles. The van der Waals surface area contributed by atoms with E-state index in [9.17, 15) is 14.9 Å². The molecule has 0 saturated heterocycles. The fourth-order valence-corrected chi connectivity index (χ4v) is 3.81. The molecule has 35 heavy (non-hydrogen) atoms. The summed E-state index contributed by atoms with van der Waals surface area (Å²) >= 11 is 0. The minimum atomic E-state index is -0.562. The van der Waals surface area contributed by atoms with E-state index in [2.05, 4.69) is 20.5 Å². The fraction of sp³-hybridized carbons (Fsp3) is 0.269. The second kappa shape index (κ2) is 9.81. The number of hydrazone groups is 1. The van der Waals surface area contributed by atoms with Gasteiger partial charge in [0.05, 0.1) is 17.6 Å². The summed E-state index contributed by atoms with van der Waals surface area (Å²) in [5, 5.41) is 13.6. The first-order chi connectivity index (χ1) is 16.7. The third kappa shape index (κ3) is 5.55. The zero-order valence-electron chi connectivity index (χ0n) is 19.8. The van der Waals surface area contributed by atoms with Crippen LogP contribution in [0, 0.1) is 11.3 Å². The molecule has 2 aromatic carbocycles. The number of fused-ring (bicyclic) bond motifs is 1. The lowest BCUT2D eigenvalue weighted by Gasteiger charge is -2.31. The van der Waals surface area contributed by atoms with E-state index in [4.69, 9.17) is 4.74 Å². The number of nitrogens with zero attached hydrogens (tertiary/aromatic N) is 4.